The normalized spacial score (nSPS) is 40.5. The van der Waals surface area contributed by atoms with Crippen LogP contribution in [0.4, 0.5) is 0 Å². The van der Waals surface area contributed by atoms with Crippen LogP contribution in [0.25, 0.3) is 0 Å². The standard InChI is InChI=1S/C28H42O5/c1-17(7-6-14-29)23-10-11-24-22-9-8-20-15-21(32-18(2)30)16-26(33-19(3)31)28(20,5)25(22)12-13-27(23,24)4/h8-9,17,21,23-26,29H,6-7,10-16H2,1-5H3/t17-,21-,23-,24+,25+,26+,27-,28+/m1/s1. The number of aliphatic hydroxyl groups excluding tert-OH is 1. The van der Waals surface area contributed by atoms with E-state index in [0.717, 1.165) is 25.7 Å². The molecule has 0 bridgehead atoms. The predicted molar refractivity (Wildman–Crippen MR) is 127 cm³/mol. The first-order valence-electron chi connectivity index (χ1n) is 13.0. The third-order valence-electron chi connectivity index (χ3n) is 9.82. The minimum atomic E-state index is -0.280. The number of carbonyl (C=O) groups is 2. The molecule has 5 nitrogen and oxygen atoms in total. The van der Waals surface area contributed by atoms with Gasteiger partial charge in [-0.25, -0.2) is 0 Å². The SMILES string of the molecule is CC(=O)O[C@@H]1CC2=CC=C3[C@@H]4CC[C@H]([C@H](C)CCCO)[C@@]4(C)CC[C@@H]3[C@@]2(C)[C@@H](OC(C)=O)C1. The predicted octanol–water partition coefficient (Wildman–Crippen LogP) is 5.37. The number of rotatable bonds is 6. The average molecular weight is 459 g/mol. The number of hydrogen-bond acceptors (Lipinski definition) is 5. The number of aliphatic hydroxyl groups is 1. The fraction of sp³-hybridized carbons (Fsp3) is 0.786. The summed E-state index contributed by atoms with van der Waals surface area (Å²) in [7, 11) is 0. The van der Waals surface area contributed by atoms with Crippen LogP contribution in [-0.4, -0.2) is 35.9 Å². The molecule has 3 fully saturated rings. The van der Waals surface area contributed by atoms with Crippen molar-refractivity contribution in [3.05, 3.63) is 23.3 Å². The van der Waals surface area contributed by atoms with E-state index in [0.29, 0.717) is 35.5 Å². The molecule has 0 amide bonds. The number of hydrogen-bond donors (Lipinski definition) is 1. The highest BCUT2D eigenvalue weighted by atomic mass is 16.6. The molecule has 0 heterocycles. The van der Waals surface area contributed by atoms with Gasteiger partial charge < -0.3 is 14.6 Å². The second-order valence-electron chi connectivity index (χ2n) is 11.6. The fourth-order valence-corrected chi connectivity index (χ4v) is 8.29. The van der Waals surface area contributed by atoms with Gasteiger partial charge in [-0.15, -0.1) is 0 Å². The first-order chi connectivity index (χ1) is 15.6. The summed E-state index contributed by atoms with van der Waals surface area (Å²) >= 11 is 0. The van der Waals surface area contributed by atoms with Crippen LogP contribution in [0.2, 0.25) is 0 Å². The van der Waals surface area contributed by atoms with E-state index in [1.54, 1.807) is 5.57 Å². The molecule has 0 saturated heterocycles. The molecule has 0 spiro atoms. The quantitative estimate of drug-likeness (QED) is 0.542. The van der Waals surface area contributed by atoms with Crippen molar-refractivity contribution < 1.29 is 24.2 Å². The molecule has 0 aromatic carbocycles. The van der Waals surface area contributed by atoms with Crippen LogP contribution in [-0.2, 0) is 19.1 Å². The van der Waals surface area contributed by atoms with Gasteiger partial charge in [0, 0.05) is 38.7 Å². The lowest BCUT2D eigenvalue weighted by atomic mass is 9.49. The summed E-state index contributed by atoms with van der Waals surface area (Å²) in [6.45, 7) is 10.4. The molecule has 5 heteroatoms. The van der Waals surface area contributed by atoms with E-state index >= 15 is 0 Å². The molecule has 0 radical (unpaired) electrons. The summed E-state index contributed by atoms with van der Waals surface area (Å²) < 4.78 is 11.5. The van der Waals surface area contributed by atoms with Crippen LogP contribution in [0, 0.1) is 34.5 Å². The van der Waals surface area contributed by atoms with Crippen molar-refractivity contribution in [3.63, 3.8) is 0 Å². The first kappa shape index (κ1) is 24.5. The van der Waals surface area contributed by atoms with Gasteiger partial charge in [0.25, 0.3) is 0 Å². The average Bonchev–Trinajstić information content (AvgIpc) is 3.09. The van der Waals surface area contributed by atoms with Crippen molar-refractivity contribution in [2.45, 2.75) is 98.2 Å². The van der Waals surface area contributed by atoms with E-state index in [1.807, 2.05) is 0 Å². The van der Waals surface area contributed by atoms with Crippen molar-refractivity contribution in [3.8, 4) is 0 Å². The van der Waals surface area contributed by atoms with Crippen molar-refractivity contribution in [2.24, 2.45) is 34.5 Å². The Kier molecular flexibility index (Phi) is 6.83. The molecular formula is C28H42O5. The maximum absolute atomic E-state index is 12.1. The lowest BCUT2D eigenvalue weighted by Gasteiger charge is -2.57. The molecule has 8 atom stereocenters. The van der Waals surface area contributed by atoms with Crippen molar-refractivity contribution in [1.82, 2.24) is 0 Å². The van der Waals surface area contributed by atoms with E-state index in [-0.39, 0.29) is 36.2 Å². The summed E-state index contributed by atoms with van der Waals surface area (Å²) in [5, 5.41) is 9.32. The van der Waals surface area contributed by atoms with Crippen LogP contribution in [0.1, 0.15) is 86.0 Å². The van der Waals surface area contributed by atoms with Gasteiger partial charge in [0.1, 0.15) is 12.2 Å². The van der Waals surface area contributed by atoms with E-state index in [1.165, 1.54) is 38.7 Å². The van der Waals surface area contributed by atoms with Crippen molar-refractivity contribution in [1.29, 1.82) is 0 Å². The molecule has 0 unspecified atom stereocenters. The van der Waals surface area contributed by atoms with Crippen LogP contribution in [0.5, 0.6) is 0 Å². The molecule has 4 aliphatic rings. The number of esters is 2. The van der Waals surface area contributed by atoms with Crippen LogP contribution in [0.3, 0.4) is 0 Å². The fourth-order valence-electron chi connectivity index (χ4n) is 8.29. The monoisotopic (exact) mass is 458 g/mol. The zero-order chi connectivity index (χ0) is 24.0. The lowest BCUT2D eigenvalue weighted by Crippen LogP contribution is -2.54. The van der Waals surface area contributed by atoms with E-state index in [9.17, 15) is 14.7 Å². The maximum atomic E-state index is 12.1. The highest BCUT2D eigenvalue weighted by molar-refractivity contribution is 5.67. The summed E-state index contributed by atoms with van der Waals surface area (Å²) in [6, 6.07) is 0. The molecule has 0 aromatic rings. The minimum Gasteiger partial charge on any atom is -0.462 e. The third-order valence-corrected chi connectivity index (χ3v) is 9.82. The van der Waals surface area contributed by atoms with Gasteiger partial charge >= 0.3 is 11.9 Å². The van der Waals surface area contributed by atoms with Gasteiger partial charge in [-0.3, -0.25) is 9.59 Å². The van der Waals surface area contributed by atoms with E-state index < -0.39 is 0 Å². The minimum absolute atomic E-state index is 0.238. The number of ether oxygens (including phenoxy) is 2. The van der Waals surface area contributed by atoms with Crippen LogP contribution in [0.15, 0.2) is 23.3 Å². The maximum Gasteiger partial charge on any atom is 0.302 e. The Morgan fingerprint density at radius 1 is 1.09 bits per heavy atom. The summed E-state index contributed by atoms with van der Waals surface area (Å²) in [4.78, 5) is 23.7. The highest BCUT2D eigenvalue weighted by Gasteiger charge is 2.60. The Hall–Kier alpha value is -1.62. The Morgan fingerprint density at radius 2 is 1.82 bits per heavy atom. The largest absolute Gasteiger partial charge is 0.462 e. The van der Waals surface area contributed by atoms with Crippen molar-refractivity contribution in [2.75, 3.05) is 6.61 Å². The molecule has 4 aliphatic carbocycles. The summed E-state index contributed by atoms with van der Waals surface area (Å²) in [5.41, 5.74) is 2.86. The molecule has 4 rings (SSSR count). The third kappa shape index (κ3) is 4.19. The van der Waals surface area contributed by atoms with Gasteiger partial charge in [0.2, 0.25) is 0 Å². The number of carbonyl (C=O) groups excluding carboxylic acids is 2. The topological polar surface area (TPSA) is 72.8 Å². The zero-order valence-electron chi connectivity index (χ0n) is 21.1. The molecule has 33 heavy (non-hydrogen) atoms. The second kappa shape index (κ2) is 9.20. The molecule has 3 saturated carbocycles. The van der Waals surface area contributed by atoms with Gasteiger partial charge in [0.15, 0.2) is 0 Å². The van der Waals surface area contributed by atoms with Crippen LogP contribution >= 0.6 is 0 Å². The van der Waals surface area contributed by atoms with Gasteiger partial charge in [-0.1, -0.05) is 44.1 Å². The second-order valence-corrected chi connectivity index (χ2v) is 11.6. The number of allylic oxidation sites excluding steroid dienone is 3. The van der Waals surface area contributed by atoms with E-state index in [2.05, 4.69) is 32.9 Å². The molecule has 184 valence electrons. The molecule has 0 aliphatic heterocycles. The lowest BCUT2D eigenvalue weighted by molar-refractivity contribution is -0.165. The molecule has 1 N–H and O–H groups in total. The Morgan fingerprint density at radius 3 is 2.48 bits per heavy atom. The Balaban J connectivity index is 1.65. The Bertz CT molecular complexity index is 843. The Labute approximate surface area is 199 Å². The van der Waals surface area contributed by atoms with Gasteiger partial charge in [0.05, 0.1) is 0 Å². The van der Waals surface area contributed by atoms with Gasteiger partial charge in [-0.05, 0) is 67.6 Å². The molecular weight excluding hydrogens is 416 g/mol. The summed E-state index contributed by atoms with van der Waals surface area (Å²) in [6.07, 6.45) is 12.2. The van der Waals surface area contributed by atoms with E-state index in [4.69, 9.17) is 9.47 Å². The van der Waals surface area contributed by atoms with Crippen LogP contribution < -0.4 is 0 Å². The zero-order valence-corrected chi connectivity index (χ0v) is 21.1. The smallest absolute Gasteiger partial charge is 0.302 e. The number of fused-ring (bicyclic) bond motifs is 5. The summed E-state index contributed by atoms with van der Waals surface area (Å²) in [5.74, 6) is 1.71. The van der Waals surface area contributed by atoms with Gasteiger partial charge in [-0.2, -0.15) is 0 Å². The van der Waals surface area contributed by atoms with Crippen molar-refractivity contribution >= 4 is 11.9 Å². The first-order valence-corrected chi connectivity index (χ1v) is 13.0. The highest BCUT2D eigenvalue weighted by Crippen LogP contribution is 2.66. The molecule has 0 aromatic heterocycles.